The Hall–Kier alpha value is -3.50. The normalized spacial score (nSPS) is 11.0. The zero-order valence-electron chi connectivity index (χ0n) is 17.3. The first-order valence-electron chi connectivity index (χ1n) is 9.43. The lowest BCUT2D eigenvalue weighted by atomic mass is 10.0. The van der Waals surface area contributed by atoms with Crippen LogP contribution in [0.4, 0.5) is 24.3 Å². The molecule has 0 aliphatic rings. The highest BCUT2D eigenvalue weighted by molar-refractivity contribution is 7.20. The van der Waals surface area contributed by atoms with E-state index in [1.165, 1.54) is 6.07 Å². The highest BCUT2D eigenvalue weighted by Gasteiger charge is 2.31. The number of anilines is 2. The highest BCUT2D eigenvalue weighted by Crippen LogP contribution is 2.43. The van der Waals surface area contributed by atoms with E-state index in [1.54, 1.807) is 43.3 Å². The van der Waals surface area contributed by atoms with Crippen LogP contribution in [0.2, 0.25) is 0 Å². The quantitative estimate of drug-likeness (QED) is 0.440. The van der Waals surface area contributed by atoms with Crippen molar-refractivity contribution in [2.24, 2.45) is 0 Å². The Bertz CT molecular complexity index is 1140. The largest absolute Gasteiger partial charge is 0.478 e. The van der Waals surface area contributed by atoms with Crippen LogP contribution in [-0.4, -0.2) is 41.3 Å². The highest BCUT2D eigenvalue weighted by atomic mass is 32.1. The summed E-state index contributed by atoms with van der Waals surface area (Å²) in [7, 11) is 3.50. The van der Waals surface area contributed by atoms with E-state index in [2.05, 4.69) is 0 Å². The number of hydrogen-bond acceptors (Lipinski definition) is 5. The Morgan fingerprint density at radius 1 is 0.969 bits per heavy atom. The van der Waals surface area contributed by atoms with Crippen molar-refractivity contribution in [2.75, 3.05) is 24.7 Å². The van der Waals surface area contributed by atoms with Gasteiger partial charge in [-0.15, -0.1) is 11.3 Å². The topological polar surface area (TPSA) is 107 Å². The molecular formula is C22H21F2N3O4S. The van der Waals surface area contributed by atoms with Gasteiger partial charge in [-0.1, -0.05) is 18.2 Å². The van der Waals surface area contributed by atoms with Gasteiger partial charge in [-0.3, -0.25) is 4.90 Å². The Labute approximate surface area is 186 Å². The van der Waals surface area contributed by atoms with Gasteiger partial charge in [0.25, 0.3) is 0 Å². The summed E-state index contributed by atoms with van der Waals surface area (Å²) in [5, 5.41) is 19.7. The lowest BCUT2D eigenvalue weighted by molar-refractivity contribution is 0.0696. The Kier molecular flexibility index (Phi) is 6.75. The molecule has 0 radical (unpaired) electrons. The third-order valence-electron chi connectivity index (χ3n) is 4.70. The molecule has 1 aromatic heterocycles. The van der Waals surface area contributed by atoms with Crippen molar-refractivity contribution >= 4 is 34.1 Å². The van der Waals surface area contributed by atoms with E-state index < -0.39 is 35.8 Å². The van der Waals surface area contributed by atoms with Crippen molar-refractivity contribution in [1.29, 1.82) is 0 Å². The molecule has 0 saturated carbocycles. The minimum absolute atomic E-state index is 0.128. The summed E-state index contributed by atoms with van der Waals surface area (Å²) >= 11 is 0.935. The third-order valence-corrected chi connectivity index (χ3v) is 6.01. The molecule has 0 spiro atoms. The first-order valence-corrected chi connectivity index (χ1v) is 10.2. The van der Waals surface area contributed by atoms with E-state index >= 15 is 0 Å². The van der Waals surface area contributed by atoms with E-state index in [-0.39, 0.29) is 17.1 Å². The minimum atomic E-state index is -1.53. The molecule has 0 fully saturated rings. The van der Waals surface area contributed by atoms with E-state index in [0.717, 1.165) is 23.5 Å². The van der Waals surface area contributed by atoms with Crippen LogP contribution < -0.4 is 10.6 Å². The molecule has 0 aliphatic heterocycles. The van der Waals surface area contributed by atoms with Crippen LogP contribution >= 0.6 is 11.3 Å². The average Bonchev–Trinajstić information content (AvgIpc) is 3.06. The van der Waals surface area contributed by atoms with Crippen molar-refractivity contribution < 1.29 is 28.6 Å². The molecule has 3 aromatic rings. The van der Waals surface area contributed by atoms with Gasteiger partial charge in [-0.05, 0) is 43.9 Å². The molecule has 0 saturated heterocycles. The number of benzene rings is 2. The molecule has 7 nitrogen and oxygen atoms in total. The number of carbonyl (C=O) groups is 2. The van der Waals surface area contributed by atoms with Crippen LogP contribution in [0.15, 0.2) is 42.5 Å². The number of aromatic carboxylic acids is 1. The molecule has 2 aromatic carbocycles. The minimum Gasteiger partial charge on any atom is -0.478 e. The maximum Gasteiger partial charge on any atom is 0.412 e. The molecule has 168 valence electrons. The van der Waals surface area contributed by atoms with Gasteiger partial charge >= 0.3 is 12.1 Å². The number of carboxylic acid groups (broad SMARTS) is 2. The summed E-state index contributed by atoms with van der Waals surface area (Å²) in [6, 6.07) is 9.91. The molecule has 32 heavy (non-hydrogen) atoms. The van der Waals surface area contributed by atoms with Crippen LogP contribution in [0, 0.1) is 11.6 Å². The smallest absolute Gasteiger partial charge is 0.412 e. The summed E-state index contributed by atoms with van der Waals surface area (Å²) in [5.74, 6) is -3.18. The summed E-state index contributed by atoms with van der Waals surface area (Å²) in [6.45, 7) is -0.476. The van der Waals surface area contributed by atoms with E-state index in [9.17, 15) is 28.6 Å². The Balaban J connectivity index is 2.23. The number of thiophene rings is 1. The number of nitrogens with zero attached hydrogens (tertiary/aromatic N) is 2. The zero-order valence-corrected chi connectivity index (χ0v) is 18.1. The molecule has 4 N–H and O–H groups in total. The van der Waals surface area contributed by atoms with Crippen molar-refractivity contribution in [1.82, 2.24) is 4.90 Å². The summed E-state index contributed by atoms with van der Waals surface area (Å²) in [6.07, 6.45) is -1.53. The predicted molar refractivity (Wildman–Crippen MR) is 119 cm³/mol. The summed E-state index contributed by atoms with van der Waals surface area (Å²) < 4.78 is 28.4. The van der Waals surface area contributed by atoms with Crippen molar-refractivity contribution in [2.45, 2.75) is 13.1 Å². The number of nitrogen functional groups attached to an aromatic ring is 1. The summed E-state index contributed by atoms with van der Waals surface area (Å²) in [5.41, 5.74) is 6.62. The van der Waals surface area contributed by atoms with Crippen LogP contribution in [0.3, 0.4) is 0 Å². The number of rotatable bonds is 7. The van der Waals surface area contributed by atoms with Gasteiger partial charge in [0, 0.05) is 28.2 Å². The van der Waals surface area contributed by atoms with Crippen molar-refractivity contribution in [3.8, 4) is 10.4 Å². The van der Waals surface area contributed by atoms with Crippen molar-refractivity contribution in [3.63, 3.8) is 0 Å². The molecule has 10 heteroatoms. The van der Waals surface area contributed by atoms with Gasteiger partial charge in [-0.25, -0.2) is 18.4 Å². The SMILES string of the molecule is CN(C)Cc1c(-c2ccc(N)cc2)sc(N(Cc2c(F)cccc2F)C(=O)O)c1C(=O)O. The zero-order chi connectivity index (χ0) is 23.6. The van der Waals surface area contributed by atoms with E-state index in [1.807, 2.05) is 0 Å². The number of hydrogen-bond donors (Lipinski definition) is 3. The monoisotopic (exact) mass is 461 g/mol. The standard InChI is InChI=1S/C22H21F2N3O4S/c1-26(2)10-15-18(21(28)29)20(32-19(15)12-6-8-13(25)9-7-12)27(22(30)31)11-14-16(23)4-3-5-17(14)24/h3-9H,10-11,25H2,1-2H3,(H,28,29)(H,30,31). The Morgan fingerprint density at radius 3 is 2.06 bits per heavy atom. The van der Waals surface area contributed by atoms with E-state index in [4.69, 9.17) is 5.73 Å². The van der Waals surface area contributed by atoms with Gasteiger partial charge in [-0.2, -0.15) is 0 Å². The lowest BCUT2D eigenvalue weighted by Gasteiger charge is -2.19. The number of amides is 1. The molecule has 3 rings (SSSR count). The number of carboxylic acids is 1. The number of nitrogens with two attached hydrogens (primary N) is 1. The van der Waals surface area contributed by atoms with Gasteiger partial charge in [0.1, 0.15) is 16.6 Å². The second-order valence-corrected chi connectivity index (χ2v) is 8.32. The molecule has 0 atom stereocenters. The molecule has 0 unspecified atom stereocenters. The third kappa shape index (κ3) is 4.71. The van der Waals surface area contributed by atoms with Gasteiger partial charge in [0.05, 0.1) is 12.1 Å². The first kappa shape index (κ1) is 23.2. The predicted octanol–water partition coefficient (Wildman–Crippen LogP) is 4.72. The molecule has 1 heterocycles. The Morgan fingerprint density at radius 2 is 1.56 bits per heavy atom. The molecular weight excluding hydrogens is 440 g/mol. The second-order valence-electron chi connectivity index (χ2n) is 7.32. The second kappa shape index (κ2) is 9.33. The van der Waals surface area contributed by atoms with E-state index in [0.29, 0.717) is 26.6 Å². The maximum absolute atomic E-state index is 14.2. The van der Waals surface area contributed by atoms with Crippen molar-refractivity contribution in [3.05, 3.63) is 70.8 Å². The van der Waals surface area contributed by atoms with Crippen LogP contribution in [0.1, 0.15) is 21.5 Å². The fourth-order valence-corrected chi connectivity index (χ4v) is 4.57. The van der Waals surface area contributed by atoms with Crippen LogP contribution in [0.25, 0.3) is 10.4 Å². The maximum atomic E-state index is 14.2. The average molecular weight is 461 g/mol. The van der Waals surface area contributed by atoms with Gasteiger partial charge in [0.2, 0.25) is 0 Å². The first-order chi connectivity index (χ1) is 15.1. The fourth-order valence-electron chi connectivity index (χ4n) is 3.27. The number of halogens is 2. The molecule has 1 amide bonds. The van der Waals surface area contributed by atoms with Crippen LogP contribution in [0.5, 0.6) is 0 Å². The summed E-state index contributed by atoms with van der Waals surface area (Å²) in [4.78, 5) is 27.3. The van der Waals surface area contributed by atoms with Gasteiger partial charge in [0.15, 0.2) is 0 Å². The lowest BCUT2D eigenvalue weighted by Crippen LogP contribution is -2.30. The van der Waals surface area contributed by atoms with Gasteiger partial charge < -0.3 is 20.8 Å². The van der Waals surface area contributed by atoms with Crippen LogP contribution in [-0.2, 0) is 13.1 Å². The molecule has 0 bridgehead atoms. The fraction of sp³-hybridized carbons (Fsp3) is 0.182. The molecule has 0 aliphatic carbocycles.